The summed E-state index contributed by atoms with van der Waals surface area (Å²) in [7, 11) is 0. The molecule has 98 valence electrons. The van der Waals surface area contributed by atoms with Gasteiger partial charge in [-0.3, -0.25) is 5.41 Å². The van der Waals surface area contributed by atoms with Crippen LogP contribution in [-0.2, 0) is 4.74 Å². The molecule has 1 N–H and O–H groups in total. The van der Waals surface area contributed by atoms with Crippen LogP contribution in [0.2, 0.25) is 0 Å². The van der Waals surface area contributed by atoms with Gasteiger partial charge in [-0.2, -0.15) is 15.8 Å². The predicted octanol–water partition coefficient (Wildman–Crippen LogP) is 2.08. The molecule has 3 unspecified atom stereocenters. The molecule has 0 radical (unpaired) electrons. The summed E-state index contributed by atoms with van der Waals surface area (Å²) in [5.41, 5.74) is -4.51. The number of hydrogen-bond acceptors (Lipinski definition) is 6. The van der Waals surface area contributed by atoms with E-state index in [1.165, 1.54) is 6.26 Å². The second-order valence-electron chi connectivity index (χ2n) is 5.33. The van der Waals surface area contributed by atoms with Crippen molar-refractivity contribution < 1.29 is 9.15 Å². The zero-order valence-corrected chi connectivity index (χ0v) is 10.7. The van der Waals surface area contributed by atoms with Crippen LogP contribution < -0.4 is 0 Å². The molecule has 0 amide bonds. The van der Waals surface area contributed by atoms with Crippen LogP contribution >= 0.6 is 0 Å². The highest BCUT2D eigenvalue weighted by atomic mass is 16.5. The van der Waals surface area contributed by atoms with Crippen LogP contribution in [0.25, 0.3) is 0 Å². The van der Waals surface area contributed by atoms with Crippen molar-refractivity contribution in [2.45, 2.75) is 24.9 Å². The van der Waals surface area contributed by atoms with Crippen LogP contribution in [0.4, 0.5) is 0 Å². The zero-order chi connectivity index (χ0) is 14.6. The van der Waals surface area contributed by atoms with Crippen molar-refractivity contribution in [1.82, 2.24) is 0 Å². The minimum Gasteiger partial charge on any atom is -0.471 e. The Hall–Kier alpha value is -2.78. The molecule has 3 atom stereocenters. The normalized spacial score (nSPS) is 36.7. The first-order valence-electron chi connectivity index (χ1n) is 6.06. The molecule has 0 aromatic carbocycles. The van der Waals surface area contributed by atoms with Gasteiger partial charge < -0.3 is 9.15 Å². The number of nitrogens with one attached hydrogen (secondary N) is 1. The van der Waals surface area contributed by atoms with Gasteiger partial charge in [0.1, 0.15) is 11.4 Å². The quantitative estimate of drug-likeness (QED) is 0.834. The molecule has 1 aromatic rings. The minimum atomic E-state index is -1.71. The van der Waals surface area contributed by atoms with Crippen LogP contribution in [0, 0.1) is 50.2 Å². The Balaban J connectivity index is 2.33. The van der Waals surface area contributed by atoms with Crippen LogP contribution in [-0.4, -0.2) is 11.5 Å². The molecule has 2 heterocycles. The molecule has 1 saturated carbocycles. The van der Waals surface area contributed by atoms with Crippen LogP contribution in [0.15, 0.2) is 22.8 Å². The maximum atomic E-state index is 9.68. The third-order valence-electron chi connectivity index (χ3n) is 4.58. The molecule has 2 aliphatic rings. The molecule has 20 heavy (non-hydrogen) atoms. The maximum absolute atomic E-state index is 9.68. The molecule has 1 aromatic heterocycles. The fraction of sp³-hybridized carbons (Fsp3) is 0.429. The Bertz CT molecular complexity index is 704. The van der Waals surface area contributed by atoms with Crippen molar-refractivity contribution in [3.8, 4) is 18.2 Å². The summed E-state index contributed by atoms with van der Waals surface area (Å²) in [6.07, 6.45) is 1.76. The monoisotopic (exact) mass is 266 g/mol. The van der Waals surface area contributed by atoms with E-state index in [0.29, 0.717) is 5.76 Å². The maximum Gasteiger partial charge on any atom is 0.210 e. The van der Waals surface area contributed by atoms with E-state index in [9.17, 15) is 15.8 Å². The van der Waals surface area contributed by atoms with Crippen molar-refractivity contribution in [2.75, 3.05) is 0 Å². The van der Waals surface area contributed by atoms with E-state index in [-0.39, 0.29) is 12.3 Å². The minimum absolute atomic E-state index is 0.289. The van der Waals surface area contributed by atoms with Gasteiger partial charge in [-0.05, 0) is 19.1 Å². The summed E-state index contributed by atoms with van der Waals surface area (Å²) in [4.78, 5) is 0. The summed E-state index contributed by atoms with van der Waals surface area (Å²) in [6, 6.07) is 9.30. The van der Waals surface area contributed by atoms with E-state index in [2.05, 4.69) is 0 Å². The highest BCUT2D eigenvalue weighted by molar-refractivity contribution is 5.92. The number of fused-ring (bicyclic) bond motifs is 2. The molecule has 1 saturated heterocycles. The Labute approximate surface area is 115 Å². The first-order chi connectivity index (χ1) is 9.51. The van der Waals surface area contributed by atoms with Crippen molar-refractivity contribution in [3.63, 3.8) is 0 Å². The Morgan fingerprint density at radius 2 is 2.00 bits per heavy atom. The largest absolute Gasteiger partial charge is 0.471 e. The molecule has 0 spiro atoms. The number of nitriles is 3. The van der Waals surface area contributed by atoms with Crippen molar-refractivity contribution in [1.29, 1.82) is 21.2 Å². The van der Waals surface area contributed by atoms with Gasteiger partial charge in [0, 0.05) is 6.42 Å². The van der Waals surface area contributed by atoms with Gasteiger partial charge in [-0.1, -0.05) is 0 Å². The van der Waals surface area contributed by atoms with E-state index >= 15 is 0 Å². The standard InChI is InChI=1S/C14H10N4O2/c1-12-5-9(10-3-2-4-19-10)14(8-17,11(18)20-12)13(12,6-15)7-16/h2-4,9,18H,5H2,1H3. The van der Waals surface area contributed by atoms with E-state index in [1.807, 2.05) is 18.2 Å². The van der Waals surface area contributed by atoms with Gasteiger partial charge in [-0.15, -0.1) is 0 Å². The van der Waals surface area contributed by atoms with E-state index in [1.54, 1.807) is 19.1 Å². The van der Waals surface area contributed by atoms with E-state index in [0.717, 1.165) is 0 Å². The second-order valence-corrected chi connectivity index (χ2v) is 5.33. The first kappa shape index (κ1) is 12.3. The summed E-state index contributed by atoms with van der Waals surface area (Å²) in [5, 5.41) is 36.8. The van der Waals surface area contributed by atoms with Gasteiger partial charge in [0.25, 0.3) is 0 Å². The summed E-state index contributed by atoms with van der Waals surface area (Å²) < 4.78 is 10.8. The fourth-order valence-electron chi connectivity index (χ4n) is 3.58. The molecule has 3 rings (SSSR count). The first-order valence-corrected chi connectivity index (χ1v) is 6.06. The SMILES string of the molecule is CC12CC(c3ccco3)C(C#N)(C(=N)O1)C2(C#N)C#N. The number of rotatable bonds is 1. The van der Waals surface area contributed by atoms with Crippen molar-refractivity contribution in [3.05, 3.63) is 24.2 Å². The Morgan fingerprint density at radius 1 is 1.30 bits per heavy atom. The van der Waals surface area contributed by atoms with E-state index < -0.39 is 22.3 Å². The van der Waals surface area contributed by atoms with Crippen LogP contribution in [0.5, 0.6) is 0 Å². The second kappa shape index (κ2) is 3.40. The number of nitrogens with zero attached hydrogens (tertiary/aromatic N) is 3. The Kier molecular flexibility index (Phi) is 2.09. The molecule has 2 fully saturated rings. The zero-order valence-electron chi connectivity index (χ0n) is 10.7. The van der Waals surface area contributed by atoms with Gasteiger partial charge in [0.05, 0.1) is 30.4 Å². The van der Waals surface area contributed by atoms with Gasteiger partial charge in [0.2, 0.25) is 11.3 Å². The van der Waals surface area contributed by atoms with Crippen molar-refractivity contribution >= 4 is 5.90 Å². The number of furan rings is 1. The smallest absolute Gasteiger partial charge is 0.210 e. The third-order valence-corrected chi connectivity index (χ3v) is 4.58. The third kappa shape index (κ3) is 0.940. The number of hydrogen-bond donors (Lipinski definition) is 1. The average molecular weight is 266 g/mol. The molecule has 6 heteroatoms. The van der Waals surface area contributed by atoms with E-state index in [4.69, 9.17) is 14.6 Å². The highest BCUT2D eigenvalue weighted by Crippen LogP contribution is 2.70. The van der Waals surface area contributed by atoms with Crippen LogP contribution in [0.3, 0.4) is 0 Å². The lowest BCUT2D eigenvalue weighted by molar-refractivity contribution is 0.0518. The van der Waals surface area contributed by atoms with Gasteiger partial charge >= 0.3 is 0 Å². The lowest BCUT2D eigenvalue weighted by Gasteiger charge is -2.29. The predicted molar refractivity (Wildman–Crippen MR) is 65.0 cm³/mol. The molecular formula is C14H10N4O2. The number of ether oxygens (including phenoxy) is 1. The molecular weight excluding hydrogens is 256 g/mol. The fourth-order valence-corrected chi connectivity index (χ4v) is 3.58. The highest BCUT2D eigenvalue weighted by Gasteiger charge is 2.83. The molecule has 6 nitrogen and oxygen atoms in total. The van der Waals surface area contributed by atoms with Gasteiger partial charge in [0.15, 0.2) is 5.41 Å². The summed E-state index contributed by atoms with van der Waals surface area (Å²) in [5.74, 6) is -0.357. The van der Waals surface area contributed by atoms with Gasteiger partial charge in [-0.25, -0.2) is 0 Å². The molecule has 1 aliphatic carbocycles. The lowest BCUT2D eigenvalue weighted by atomic mass is 9.62. The average Bonchev–Trinajstić information content (AvgIpc) is 3.06. The molecule has 2 bridgehead atoms. The topological polar surface area (TPSA) is 118 Å². The van der Waals surface area contributed by atoms with Crippen molar-refractivity contribution in [2.24, 2.45) is 10.8 Å². The lowest BCUT2D eigenvalue weighted by Crippen LogP contribution is -2.43. The Morgan fingerprint density at radius 3 is 2.50 bits per heavy atom. The van der Waals surface area contributed by atoms with Crippen LogP contribution in [0.1, 0.15) is 25.0 Å². The summed E-state index contributed by atoms with van der Waals surface area (Å²) in [6.45, 7) is 1.61. The summed E-state index contributed by atoms with van der Waals surface area (Å²) >= 11 is 0. The molecule has 1 aliphatic heterocycles.